The van der Waals surface area contributed by atoms with E-state index in [0.717, 1.165) is 27.7 Å². The molecule has 2 aromatic carbocycles. The number of amides is 1. The first kappa shape index (κ1) is 21.3. The summed E-state index contributed by atoms with van der Waals surface area (Å²) in [5.41, 5.74) is 3.77. The Morgan fingerprint density at radius 3 is 2.67 bits per heavy atom. The van der Waals surface area contributed by atoms with E-state index in [-0.39, 0.29) is 11.4 Å². The molecule has 0 fully saturated rings. The van der Waals surface area contributed by atoms with Crippen LogP contribution in [0.25, 0.3) is 17.0 Å². The minimum absolute atomic E-state index is 0.0557. The number of nitrogens with one attached hydrogen (secondary N) is 1. The minimum Gasteiger partial charge on any atom is -0.385 e. The lowest BCUT2D eigenvalue weighted by molar-refractivity contribution is -0.117. The molecule has 5 nitrogen and oxygen atoms in total. The van der Waals surface area contributed by atoms with E-state index in [9.17, 15) is 14.4 Å². The Hall–Kier alpha value is -3.43. The van der Waals surface area contributed by atoms with Gasteiger partial charge in [0.05, 0.1) is 0 Å². The van der Waals surface area contributed by atoms with Crippen LogP contribution in [0.2, 0.25) is 0 Å². The highest BCUT2D eigenvalue weighted by molar-refractivity contribution is 6.04. The number of nitriles is 1. The molecule has 0 saturated carbocycles. The van der Waals surface area contributed by atoms with E-state index in [0.29, 0.717) is 26.1 Å². The van der Waals surface area contributed by atoms with E-state index >= 15 is 0 Å². The van der Waals surface area contributed by atoms with Gasteiger partial charge in [0, 0.05) is 49.0 Å². The first-order chi connectivity index (χ1) is 14.5. The topological polar surface area (TPSA) is 67.0 Å². The summed E-state index contributed by atoms with van der Waals surface area (Å²) in [6.07, 6.45) is 2.32. The van der Waals surface area contributed by atoms with Crippen LogP contribution >= 0.6 is 0 Å². The number of halogens is 1. The molecule has 0 bridgehead atoms. The van der Waals surface area contributed by atoms with E-state index < -0.39 is 5.91 Å². The summed E-state index contributed by atoms with van der Waals surface area (Å²) in [6, 6.07) is 16.3. The van der Waals surface area contributed by atoms with Crippen LogP contribution in [0, 0.1) is 24.1 Å². The molecule has 3 aromatic rings. The van der Waals surface area contributed by atoms with Crippen LogP contribution < -0.4 is 5.32 Å². The molecule has 0 saturated heterocycles. The van der Waals surface area contributed by atoms with Gasteiger partial charge in [0.1, 0.15) is 17.5 Å². The summed E-state index contributed by atoms with van der Waals surface area (Å²) in [5, 5.41) is 13.3. The van der Waals surface area contributed by atoms with Crippen LogP contribution in [-0.2, 0) is 16.1 Å². The predicted molar refractivity (Wildman–Crippen MR) is 115 cm³/mol. The molecular formula is C24H24FN3O2. The van der Waals surface area contributed by atoms with Crippen molar-refractivity contribution in [3.63, 3.8) is 0 Å². The number of ether oxygens (including phenoxy) is 1. The van der Waals surface area contributed by atoms with Crippen molar-refractivity contribution in [2.24, 2.45) is 0 Å². The summed E-state index contributed by atoms with van der Waals surface area (Å²) >= 11 is 0. The molecule has 0 aliphatic carbocycles. The highest BCUT2D eigenvalue weighted by Gasteiger charge is 2.16. The highest BCUT2D eigenvalue weighted by atomic mass is 19.1. The number of carbonyl (C=O) groups excluding carboxylic acids is 1. The zero-order chi connectivity index (χ0) is 21.5. The van der Waals surface area contributed by atoms with Gasteiger partial charge in [-0.2, -0.15) is 5.26 Å². The molecule has 6 heteroatoms. The number of hydrogen-bond donors (Lipinski definition) is 1. The lowest BCUT2D eigenvalue weighted by Gasteiger charge is -2.09. The number of nitrogens with zero attached hydrogens (tertiary/aromatic N) is 2. The molecule has 30 heavy (non-hydrogen) atoms. The van der Waals surface area contributed by atoms with E-state index in [4.69, 9.17) is 4.74 Å². The summed E-state index contributed by atoms with van der Waals surface area (Å²) in [5.74, 6) is -0.671. The Balaban J connectivity index is 1.96. The SMILES string of the molecule is COCCCNC(=O)/C(C#N)=C/c1c(C)n(Cc2ccc(F)cc2)c2ccccc12. The molecule has 1 heterocycles. The van der Waals surface area contributed by atoms with Gasteiger partial charge in [0.2, 0.25) is 0 Å². The molecule has 0 atom stereocenters. The van der Waals surface area contributed by atoms with Crippen molar-refractivity contribution in [3.05, 3.63) is 76.7 Å². The second-order valence-electron chi connectivity index (χ2n) is 7.00. The number of rotatable bonds is 8. The van der Waals surface area contributed by atoms with Crippen LogP contribution in [-0.4, -0.2) is 30.7 Å². The van der Waals surface area contributed by atoms with Crippen LogP contribution in [0.5, 0.6) is 0 Å². The number of para-hydroxylation sites is 1. The highest BCUT2D eigenvalue weighted by Crippen LogP contribution is 2.29. The van der Waals surface area contributed by atoms with Crippen LogP contribution in [0.15, 0.2) is 54.1 Å². The number of hydrogen-bond acceptors (Lipinski definition) is 3. The normalized spacial score (nSPS) is 11.5. The van der Waals surface area contributed by atoms with Crippen molar-refractivity contribution < 1.29 is 13.9 Å². The van der Waals surface area contributed by atoms with Crippen LogP contribution in [0.1, 0.15) is 23.2 Å². The fourth-order valence-electron chi connectivity index (χ4n) is 3.42. The molecule has 0 aliphatic heterocycles. The maximum Gasteiger partial charge on any atom is 0.261 e. The zero-order valence-corrected chi connectivity index (χ0v) is 17.1. The van der Waals surface area contributed by atoms with Crippen molar-refractivity contribution in [2.75, 3.05) is 20.3 Å². The largest absolute Gasteiger partial charge is 0.385 e. The Bertz CT molecular complexity index is 1110. The van der Waals surface area contributed by atoms with Gasteiger partial charge in [-0.25, -0.2) is 4.39 Å². The van der Waals surface area contributed by atoms with Gasteiger partial charge in [0.25, 0.3) is 5.91 Å². The first-order valence-electron chi connectivity index (χ1n) is 9.76. The third-order valence-corrected chi connectivity index (χ3v) is 5.00. The Labute approximate surface area is 175 Å². The average molecular weight is 405 g/mol. The zero-order valence-electron chi connectivity index (χ0n) is 17.1. The smallest absolute Gasteiger partial charge is 0.261 e. The van der Waals surface area contributed by atoms with Gasteiger partial charge < -0.3 is 14.6 Å². The fraction of sp³-hybridized carbons (Fsp3) is 0.250. The van der Waals surface area contributed by atoms with Crippen LogP contribution in [0.4, 0.5) is 4.39 Å². The quantitative estimate of drug-likeness (QED) is 0.347. The standard InChI is InChI=1S/C24H24FN3O2/c1-17-22(14-19(15-26)24(29)27-12-5-13-30-2)21-6-3-4-7-23(21)28(17)16-18-8-10-20(25)11-9-18/h3-4,6-11,14H,5,12-13,16H2,1-2H3,(H,27,29)/b19-14+. The Morgan fingerprint density at radius 1 is 1.23 bits per heavy atom. The number of methoxy groups -OCH3 is 1. The molecule has 154 valence electrons. The predicted octanol–water partition coefficient (Wildman–Crippen LogP) is 4.20. The van der Waals surface area contributed by atoms with Gasteiger partial charge in [-0.15, -0.1) is 0 Å². The van der Waals surface area contributed by atoms with Crippen molar-refractivity contribution in [3.8, 4) is 6.07 Å². The number of carbonyl (C=O) groups is 1. The Kier molecular flexibility index (Phi) is 6.99. The van der Waals surface area contributed by atoms with E-state index in [2.05, 4.69) is 9.88 Å². The monoisotopic (exact) mass is 405 g/mol. The maximum absolute atomic E-state index is 13.3. The second-order valence-corrected chi connectivity index (χ2v) is 7.00. The van der Waals surface area contributed by atoms with Crippen LogP contribution in [0.3, 0.4) is 0 Å². The minimum atomic E-state index is -0.400. The number of benzene rings is 2. The molecule has 0 aliphatic rings. The van der Waals surface area contributed by atoms with E-state index in [1.54, 1.807) is 25.3 Å². The Morgan fingerprint density at radius 2 is 1.97 bits per heavy atom. The molecule has 1 aromatic heterocycles. The van der Waals surface area contributed by atoms with Gasteiger partial charge in [0.15, 0.2) is 0 Å². The lowest BCUT2D eigenvalue weighted by atomic mass is 10.1. The second kappa shape index (κ2) is 9.86. The summed E-state index contributed by atoms with van der Waals surface area (Å²) in [6.45, 7) is 3.51. The fourth-order valence-corrected chi connectivity index (χ4v) is 3.42. The molecule has 1 N–H and O–H groups in total. The van der Waals surface area contributed by atoms with Crippen molar-refractivity contribution in [1.29, 1.82) is 5.26 Å². The number of aromatic nitrogens is 1. The van der Waals surface area contributed by atoms with Gasteiger partial charge in [-0.05, 0) is 43.2 Å². The third kappa shape index (κ3) is 4.76. The molecular weight excluding hydrogens is 381 g/mol. The summed E-state index contributed by atoms with van der Waals surface area (Å²) in [4.78, 5) is 12.4. The molecule has 1 amide bonds. The maximum atomic E-state index is 13.3. The average Bonchev–Trinajstić information content (AvgIpc) is 3.02. The van der Waals surface area contributed by atoms with Gasteiger partial charge in [-0.1, -0.05) is 30.3 Å². The molecule has 0 unspecified atom stereocenters. The van der Waals surface area contributed by atoms with E-state index in [1.807, 2.05) is 37.3 Å². The van der Waals surface area contributed by atoms with Gasteiger partial charge >= 0.3 is 0 Å². The summed E-state index contributed by atoms with van der Waals surface area (Å²) < 4.78 is 20.3. The molecule has 3 rings (SSSR count). The summed E-state index contributed by atoms with van der Waals surface area (Å²) in [7, 11) is 1.60. The third-order valence-electron chi connectivity index (χ3n) is 5.00. The van der Waals surface area contributed by atoms with Crippen molar-refractivity contribution in [2.45, 2.75) is 19.9 Å². The lowest BCUT2D eigenvalue weighted by Crippen LogP contribution is -2.26. The molecule has 0 spiro atoms. The van der Waals surface area contributed by atoms with Crippen molar-refractivity contribution >= 4 is 22.9 Å². The molecule has 0 radical (unpaired) electrons. The van der Waals surface area contributed by atoms with E-state index in [1.165, 1.54) is 12.1 Å². The number of fused-ring (bicyclic) bond motifs is 1. The van der Waals surface area contributed by atoms with Gasteiger partial charge in [-0.3, -0.25) is 4.79 Å². The first-order valence-corrected chi connectivity index (χ1v) is 9.76. The van der Waals surface area contributed by atoms with Crippen molar-refractivity contribution in [1.82, 2.24) is 9.88 Å².